The van der Waals surface area contributed by atoms with Gasteiger partial charge in [-0.25, -0.2) is 8.42 Å². The fourth-order valence-corrected chi connectivity index (χ4v) is 4.73. The molecule has 0 spiro atoms. The molecule has 0 bridgehead atoms. The Morgan fingerprint density at radius 1 is 1.40 bits per heavy atom. The second-order valence-electron chi connectivity index (χ2n) is 6.44. The van der Waals surface area contributed by atoms with Gasteiger partial charge >= 0.3 is 0 Å². The van der Waals surface area contributed by atoms with Gasteiger partial charge < -0.3 is 4.42 Å². The second kappa shape index (κ2) is 9.53. The fraction of sp³-hybridized carbons (Fsp3) is 0.263. The Morgan fingerprint density at radius 2 is 2.20 bits per heavy atom. The molecule has 0 aliphatic carbocycles. The maximum absolute atomic E-state index is 12.7. The van der Waals surface area contributed by atoms with Crippen molar-refractivity contribution in [1.29, 1.82) is 5.26 Å². The minimum atomic E-state index is -3.48. The van der Waals surface area contributed by atoms with Crippen LogP contribution in [0.25, 0.3) is 6.08 Å². The van der Waals surface area contributed by atoms with Crippen LogP contribution in [0, 0.1) is 11.3 Å². The first-order valence-electron chi connectivity index (χ1n) is 8.83. The third kappa shape index (κ3) is 5.54. The van der Waals surface area contributed by atoms with E-state index in [4.69, 9.17) is 21.9 Å². The Labute approximate surface area is 184 Å². The van der Waals surface area contributed by atoms with Gasteiger partial charge in [-0.2, -0.15) is 9.57 Å². The standard InChI is InChI=1S/C19H18N4O4S3/c1-30(25,26)22(9-3-7-20)13-16-6-5-15(27-16)10-17-18(24)23(19(28)29-17)12-14-4-2-8-21-11-14/h2,4-6,8,10-11H,3,9,12-13H2,1H3/b17-10-. The summed E-state index contributed by atoms with van der Waals surface area (Å²) in [7, 11) is -3.48. The van der Waals surface area contributed by atoms with Gasteiger partial charge in [0.25, 0.3) is 5.91 Å². The quantitative estimate of drug-likeness (QED) is 0.435. The van der Waals surface area contributed by atoms with Crippen LogP contribution < -0.4 is 0 Å². The molecular weight excluding hydrogens is 444 g/mol. The molecule has 11 heteroatoms. The molecule has 1 fully saturated rings. The Hall–Kier alpha value is -2.52. The van der Waals surface area contributed by atoms with Gasteiger partial charge in [0.15, 0.2) is 0 Å². The van der Waals surface area contributed by atoms with Crippen molar-refractivity contribution in [1.82, 2.24) is 14.2 Å². The lowest BCUT2D eigenvalue weighted by molar-refractivity contribution is -0.122. The molecule has 0 saturated carbocycles. The number of carbonyl (C=O) groups is 1. The van der Waals surface area contributed by atoms with Crippen LogP contribution in [0.5, 0.6) is 0 Å². The summed E-state index contributed by atoms with van der Waals surface area (Å²) in [6.07, 6.45) is 6.10. The molecule has 1 aliphatic heterocycles. The van der Waals surface area contributed by atoms with Gasteiger partial charge in [0.1, 0.15) is 15.8 Å². The van der Waals surface area contributed by atoms with Gasteiger partial charge in [-0.05, 0) is 23.8 Å². The molecule has 8 nitrogen and oxygen atoms in total. The zero-order chi connectivity index (χ0) is 21.7. The monoisotopic (exact) mass is 462 g/mol. The van der Waals surface area contributed by atoms with Crippen LogP contribution in [0.15, 0.2) is 46.0 Å². The number of nitriles is 1. The van der Waals surface area contributed by atoms with E-state index in [9.17, 15) is 13.2 Å². The maximum atomic E-state index is 12.7. The highest BCUT2D eigenvalue weighted by Crippen LogP contribution is 2.33. The molecule has 0 aromatic carbocycles. The number of nitrogens with zero attached hydrogens (tertiary/aromatic N) is 4. The number of rotatable bonds is 8. The van der Waals surface area contributed by atoms with Crippen LogP contribution in [0.2, 0.25) is 0 Å². The van der Waals surface area contributed by atoms with E-state index in [1.54, 1.807) is 36.7 Å². The van der Waals surface area contributed by atoms with E-state index < -0.39 is 10.0 Å². The average molecular weight is 463 g/mol. The molecule has 30 heavy (non-hydrogen) atoms. The molecule has 0 atom stereocenters. The molecule has 156 valence electrons. The minimum absolute atomic E-state index is 0.0102. The number of pyridine rings is 1. The number of furan rings is 1. The van der Waals surface area contributed by atoms with Gasteiger partial charge in [-0.3, -0.25) is 14.7 Å². The van der Waals surface area contributed by atoms with Crippen LogP contribution in [0.1, 0.15) is 23.5 Å². The van der Waals surface area contributed by atoms with Crippen LogP contribution in [0.4, 0.5) is 0 Å². The molecule has 0 N–H and O–H groups in total. The van der Waals surface area contributed by atoms with Crippen molar-refractivity contribution in [2.75, 3.05) is 12.8 Å². The van der Waals surface area contributed by atoms with Gasteiger partial charge in [-0.1, -0.05) is 30.0 Å². The van der Waals surface area contributed by atoms with Crippen molar-refractivity contribution in [3.63, 3.8) is 0 Å². The number of thioether (sulfide) groups is 1. The first kappa shape index (κ1) is 22.2. The molecule has 0 radical (unpaired) electrons. The highest BCUT2D eigenvalue weighted by Gasteiger charge is 2.32. The lowest BCUT2D eigenvalue weighted by atomic mass is 10.2. The summed E-state index contributed by atoms with van der Waals surface area (Å²) in [6, 6.07) is 8.90. The van der Waals surface area contributed by atoms with E-state index >= 15 is 0 Å². The predicted molar refractivity (Wildman–Crippen MR) is 117 cm³/mol. The summed E-state index contributed by atoms with van der Waals surface area (Å²) in [5.74, 6) is 0.606. The van der Waals surface area contributed by atoms with Gasteiger partial charge in [0, 0.05) is 31.4 Å². The molecule has 1 amide bonds. The summed E-state index contributed by atoms with van der Waals surface area (Å²) in [6.45, 7) is 0.427. The Morgan fingerprint density at radius 3 is 2.87 bits per heavy atom. The van der Waals surface area contributed by atoms with Crippen molar-refractivity contribution in [3.05, 3.63) is 58.6 Å². The third-order valence-corrected chi connectivity index (χ3v) is 6.79. The number of hydrogen-bond donors (Lipinski definition) is 0. The molecule has 1 aliphatic rings. The van der Waals surface area contributed by atoms with E-state index in [2.05, 4.69) is 4.98 Å². The Kier molecular flexibility index (Phi) is 7.04. The van der Waals surface area contributed by atoms with Crippen LogP contribution in [-0.4, -0.2) is 45.6 Å². The van der Waals surface area contributed by atoms with E-state index in [0.717, 1.165) is 11.8 Å². The lowest BCUT2D eigenvalue weighted by Gasteiger charge is -2.16. The van der Waals surface area contributed by atoms with Crippen molar-refractivity contribution >= 4 is 50.3 Å². The molecule has 1 saturated heterocycles. The SMILES string of the molecule is CS(=O)(=O)N(CCC#N)Cc1ccc(/C=C2\SC(=S)N(Cc3cccnc3)C2=O)o1. The summed E-state index contributed by atoms with van der Waals surface area (Å²) in [5.41, 5.74) is 0.869. The van der Waals surface area contributed by atoms with Crippen LogP contribution in [0.3, 0.4) is 0 Å². The Balaban J connectivity index is 1.72. The maximum Gasteiger partial charge on any atom is 0.266 e. The van der Waals surface area contributed by atoms with Crippen molar-refractivity contribution in [2.45, 2.75) is 19.5 Å². The summed E-state index contributed by atoms with van der Waals surface area (Å²) >= 11 is 6.51. The molecule has 3 heterocycles. The molecular formula is C19H18N4O4S3. The van der Waals surface area contributed by atoms with E-state index in [1.165, 1.54) is 21.0 Å². The first-order chi connectivity index (χ1) is 14.3. The van der Waals surface area contributed by atoms with Gasteiger partial charge in [-0.15, -0.1) is 0 Å². The number of carbonyl (C=O) groups excluding carboxylic acids is 1. The zero-order valence-electron chi connectivity index (χ0n) is 16.0. The van der Waals surface area contributed by atoms with Gasteiger partial charge in [0.05, 0.1) is 30.3 Å². The van der Waals surface area contributed by atoms with E-state index in [-0.39, 0.29) is 25.4 Å². The third-order valence-electron chi connectivity index (χ3n) is 4.17. The van der Waals surface area contributed by atoms with E-state index in [1.807, 2.05) is 12.1 Å². The largest absolute Gasteiger partial charge is 0.460 e. The van der Waals surface area contributed by atoms with Crippen LogP contribution >= 0.6 is 24.0 Å². The topological polar surface area (TPSA) is 108 Å². The van der Waals surface area contributed by atoms with Gasteiger partial charge in [0.2, 0.25) is 10.0 Å². The summed E-state index contributed by atoms with van der Waals surface area (Å²) in [5, 5.41) is 8.72. The molecule has 3 rings (SSSR count). The van der Waals surface area contributed by atoms with Crippen molar-refractivity contribution in [2.24, 2.45) is 0 Å². The minimum Gasteiger partial charge on any atom is -0.460 e. The molecule has 0 unspecified atom stereocenters. The highest BCUT2D eigenvalue weighted by atomic mass is 32.2. The molecule has 2 aromatic rings. The van der Waals surface area contributed by atoms with Crippen molar-refractivity contribution in [3.8, 4) is 6.07 Å². The fourth-order valence-electron chi connectivity index (χ4n) is 2.71. The summed E-state index contributed by atoms with van der Waals surface area (Å²) < 4.78 is 31.1. The summed E-state index contributed by atoms with van der Waals surface area (Å²) in [4.78, 5) is 18.7. The number of amides is 1. The zero-order valence-corrected chi connectivity index (χ0v) is 18.5. The number of hydrogen-bond acceptors (Lipinski definition) is 8. The number of sulfonamides is 1. The van der Waals surface area contributed by atoms with E-state index in [0.29, 0.717) is 27.3 Å². The smallest absolute Gasteiger partial charge is 0.266 e. The van der Waals surface area contributed by atoms with Crippen LogP contribution in [-0.2, 0) is 27.9 Å². The predicted octanol–water partition coefficient (Wildman–Crippen LogP) is 2.75. The number of thiocarbonyl (C=S) groups is 1. The lowest BCUT2D eigenvalue weighted by Crippen LogP contribution is -2.30. The van der Waals surface area contributed by atoms with Crippen molar-refractivity contribution < 1.29 is 17.6 Å². The normalized spacial score (nSPS) is 15.9. The first-order valence-corrected chi connectivity index (χ1v) is 11.9. The second-order valence-corrected chi connectivity index (χ2v) is 10.1. The average Bonchev–Trinajstić information content (AvgIpc) is 3.24. The number of aromatic nitrogens is 1. The highest BCUT2D eigenvalue weighted by molar-refractivity contribution is 8.26. The molecule has 2 aromatic heterocycles. The Bertz CT molecular complexity index is 1120.